The van der Waals surface area contributed by atoms with Crippen LogP contribution in [0.5, 0.6) is 0 Å². The molecule has 1 aliphatic rings. The first kappa shape index (κ1) is 15.3. The van der Waals surface area contributed by atoms with E-state index in [1.54, 1.807) is 6.20 Å². The zero-order valence-electron chi connectivity index (χ0n) is 12.5. The van der Waals surface area contributed by atoms with Crippen LogP contribution in [0.1, 0.15) is 49.4 Å². The SMILES string of the molecule is Cc1cnc(CS(=O)(=O)C2CCCC(C)C2)c(C)c1N. The minimum atomic E-state index is -3.14. The van der Waals surface area contributed by atoms with Crippen LogP contribution in [0.15, 0.2) is 6.20 Å². The number of anilines is 1. The predicted molar refractivity (Wildman–Crippen MR) is 82.2 cm³/mol. The minimum Gasteiger partial charge on any atom is -0.398 e. The molecular weight excluding hydrogens is 272 g/mol. The Bertz CT molecular complexity index is 596. The van der Waals surface area contributed by atoms with Crippen molar-refractivity contribution < 1.29 is 8.42 Å². The summed E-state index contributed by atoms with van der Waals surface area (Å²) in [4.78, 5) is 4.28. The van der Waals surface area contributed by atoms with E-state index < -0.39 is 9.84 Å². The maximum absolute atomic E-state index is 12.6. The molecule has 4 nitrogen and oxygen atoms in total. The van der Waals surface area contributed by atoms with Gasteiger partial charge in [-0.1, -0.05) is 19.8 Å². The number of nitrogen functional groups attached to an aromatic ring is 1. The Morgan fingerprint density at radius 1 is 1.35 bits per heavy atom. The Hall–Kier alpha value is -1.10. The Kier molecular flexibility index (Phi) is 4.37. The number of rotatable bonds is 3. The van der Waals surface area contributed by atoms with Crippen LogP contribution in [0.3, 0.4) is 0 Å². The average molecular weight is 296 g/mol. The number of nitrogens with two attached hydrogens (primary N) is 1. The molecular formula is C15H24N2O2S. The molecule has 0 bridgehead atoms. The molecule has 2 N–H and O–H groups in total. The molecule has 1 aromatic rings. The number of hydrogen-bond donors (Lipinski definition) is 1. The van der Waals surface area contributed by atoms with Gasteiger partial charge in [-0.25, -0.2) is 8.42 Å². The van der Waals surface area contributed by atoms with Gasteiger partial charge in [-0.15, -0.1) is 0 Å². The summed E-state index contributed by atoms with van der Waals surface area (Å²) in [5.41, 5.74) is 8.93. The summed E-state index contributed by atoms with van der Waals surface area (Å²) in [6.07, 6.45) is 5.38. The summed E-state index contributed by atoms with van der Waals surface area (Å²) in [5, 5.41) is -0.213. The second-order valence-electron chi connectivity index (χ2n) is 6.13. The Morgan fingerprint density at radius 3 is 2.70 bits per heavy atom. The molecule has 5 heteroatoms. The van der Waals surface area contributed by atoms with E-state index in [1.807, 2.05) is 13.8 Å². The maximum Gasteiger partial charge on any atom is 0.158 e. The largest absolute Gasteiger partial charge is 0.398 e. The van der Waals surface area contributed by atoms with Crippen molar-refractivity contribution >= 4 is 15.5 Å². The van der Waals surface area contributed by atoms with E-state index in [2.05, 4.69) is 11.9 Å². The van der Waals surface area contributed by atoms with Crippen molar-refractivity contribution in [3.8, 4) is 0 Å². The molecule has 2 atom stereocenters. The first-order chi connectivity index (χ1) is 9.31. The quantitative estimate of drug-likeness (QED) is 0.931. The average Bonchev–Trinajstić information content (AvgIpc) is 2.39. The zero-order chi connectivity index (χ0) is 14.9. The van der Waals surface area contributed by atoms with Gasteiger partial charge in [-0.3, -0.25) is 4.98 Å². The molecule has 112 valence electrons. The molecule has 0 aromatic carbocycles. The first-order valence-electron chi connectivity index (χ1n) is 7.23. The molecule has 1 aromatic heterocycles. The van der Waals surface area contributed by atoms with Gasteiger partial charge in [0.2, 0.25) is 0 Å². The molecule has 1 fully saturated rings. The van der Waals surface area contributed by atoms with Crippen molar-refractivity contribution in [1.29, 1.82) is 0 Å². The highest BCUT2D eigenvalue weighted by atomic mass is 32.2. The smallest absolute Gasteiger partial charge is 0.158 e. The number of pyridine rings is 1. The molecule has 2 unspecified atom stereocenters. The van der Waals surface area contributed by atoms with Crippen LogP contribution in [0.4, 0.5) is 5.69 Å². The number of aromatic nitrogens is 1. The lowest BCUT2D eigenvalue weighted by Crippen LogP contribution is -2.29. The lowest BCUT2D eigenvalue weighted by molar-refractivity contribution is 0.381. The lowest BCUT2D eigenvalue weighted by Gasteiger charge is -2.26. The van der Waals surface area contributed by atoms with E-state index in [1.165, 1.54) is 0 Å². The second-order valence-corrected chi connectivity index (χ2v) is 8.41. The predicted octanol–water partition coefficient (Wildman–Crippen LogP) is 2.77. The summed E-state index contributed by atoms with van der Waals surface area (Å²) in [6.45, 7) is 5.87. The highest BCUT2D eigenvalue weighted by Crippen LogP contribution is 2.30. The standard InChI is InChI=1S/C15H24N2O2S/c1-10-5-4-6-13(7-10)20(18,19)9-14-12(3)15(16)11(2)8-17-14/h8,10,13H,4-7,9H2,1-3H3,(H2,16,17). The summed E-state index contributed by atoms with van der Waals surface area (Å²) < 4.78 is 25.1. The Morgan fingerprint density at radius 2 is 2.05 bits per heavy atom. The highest BCUT2D eigenvalue weighted by Gasteiger charge is 2.31. The van der Waals surface area contributed by atoms with Gasteiger partial charge in [-0.05, 0) is 43.7 Å². The van der Waals surface area contributed by atoms with Crippen molar-refractivity contribution in [2.24, 2.45) is 5.92 Å². The van der Waals surface area contributed by atoms with E-state index in [-0.39, 0.29) is 11.0 Å². The third kappa shape index (κ3) is 3.14. The maximum atomic E-state index is 12.6. The number of aryl methyl sites for hydroxylation is 1. The van der Waals surface area contributed by atoms with Crippen LogP contribution in [0.2, 0.25) is 0 Å². The summed E-state index contributed by atoms with van der Waals surface area (Å²) >= 11 is 0. The van der Waals surface area contributed by atoms with Crippen molar-refractivity contribution in [2.75, 3.05) is 5.73 Å². The van der Waals surface area contributed by atoms with Gasteiger partial charge >= 0.3 is 0 Å². The van der Waals surface area contributed by atoms with Gasteiger partial charge in [-0.2, -0.15) is 0 Å². The van der Waals surface area contributed by atoms with E-state index in [0.29, 0.717) is 17.3 Å². The van der Waals surface area contributed by atoms with Crippen molar-refractivity contribution in [2.45, 2.75) is 57.5 Å². The van der Waals surface area contributed by atoms with Crippen LogP contribution < -0.4 is 5.73 Å². The van der Waals surface area contributed by atoms with E-state index in [0.717, 1.165) is 36.8 Å². The fraction of sp³-hybridized carbons (Fsp3) is 0.667. The number of sulfone groups is 1. The Labute approximate surface area is 121 Å². The fourth-order valence-electron chi connectivity index (χ4n) is 2.95. The minimum absolute atomic E-state index is 0.0146. The second kappa shape index (κ2) is 5.72. The third-order valence-corrected chi connectivity index (χ3v) is 6.53. The van der Waals surface area contributed by atoms with Gasteiger partial charge in [0.15, 0.2) is 9.84 Å². The van der Waals surface area contributed by atoms with Gasteiger partial charge in [0.25, 0.3) is 0 Å². The molecule has 1 heterocycles. The fourth-order valence-corrected chi connectivity index (χ4v) is 5.01. The summed E-state index contributed by atoms with van der Waals surface area (Å²) in [6, 6.07) is 0. The van der Waals surface area contributed by atoms with Crippen LogP contribution in [0.25, 0.3) is 0 Å². The van der Waals surface area contributed by atoms with Gasteiger partial charge < -0.3 is 5.73 Å². The first-order valence-corrected chi connectivity index (χ1v) is 8.95. The molecule has 0 aliphatic heterocycles. The molecule has 20 heavy (non-hydrogen) atoms. The van der Waals surface area contributed by atoms with Crippen LogP contribution in [-0.4, -0.2) is 18.7 Å². The van der Waals surface area contributed by atoms with E-state index in [4.69, 9.17) is 5.73 Å². The highest BCUT2D eigenvalue weighted by molar-refractivity contribution is 7.91. The van der Waals surface area contributed by atoms with Crippen molar-refractivity contribution in [1.82, 2.24) is 4.98 Å². The Balaban J connectivity index is 2.22. The molecule has 1 aliphatic carbocycles. The normalized spacial score (nSPS) is 23.8. The summed E-state index contributed by atoms with van der Waals surface area (Å²) in [7, 11) is -3.14. The molecule has 0 radical (unpaired) electrons. The van der Waals surface area contributed by atoms with Crippen LogP contribution in [0, 0.1) is 19.8 Å². The van der Waals surface area contributed by atoms with Crippen molar-refractivity contribution in [3.63, 3.8) is 0 Å². The molecule has 1 saturated carbocycles. The van der Waals surface area contributed by atoms with Crippen LogP contribution in [-0.2, 0) is 15.6 Å². The monoisotopic (exact) mass is 296 g/mol. The molecule has 0 saturated heterocycles. The summed E-state index contributed by atoms with van der Waals surface area (Å²) in [5.74, 6) is 0.515. The molecule has 2 rings (SSSR count). The number of hydrogen-bond acceptors (Lipinski definition) is 4. The van der Waals surface area contributed by atoms with Gasteiger partial charge in [0.05, 0.1) is 16.7 Å². The van der Waals surface area contributed by atoms with E-state index in [9.17, 15) is 8.42 Å². The van der Waals surface area contributed by atoms with Crippen molar-refractivity contribution in [3.05, 3.63) is 23.0 Å². The molecule has 0 spiro atoms. The van der Waals surface area contributed by atoms with Gasteiger partial charge in [0.1, 0.15) is 0 Å². The van der Waals surface area contributed by atoms with E-state index >= 15 is 0 Å². The lowest BCUT2D eigenvalue weighted by atomic mass is 9.91. The zero-order valence-corrected chi connectivity index (χ0v) is 13.3. The topological polar surface area (TPSA) is 73.0 Å². The number of nitrogens with zero attached hydrogens (tertiary/aromatic N) is 1. The van der Waals surface area contributed by atoms with Gasteiger partial charge in [0, 0.05) is 11.9 Å². The third-order valence-electron chi connectivity index (χ3n) is 4.41. The molecule has 0 amide bonds. The van der Waals surface area contributed by atoms with Crippen LogP contribution >= 0.6 is 0 Å².